The fourth-order valence-corrected chi connectivity index (χ4v) is 23.3. The number of carbonyl (C=O) groups is 4. The molecule has 0 aliphatic heterocycles. The van der Waals surface area contributed by atoms with Crippen LogP contribution in [0.3, 0.4) is 0 Å². The summed E-state index contributed by atoms with van der Waals surface area (Å²) in [6.07, 6.45) is 14.2. The molecule has 0 spiro atoms. The number of hydrogen-bond donors (Lipinski definition) is 10. The minimum atomic E-state index is -1.67. The van der Waals surface area contributed by atoms with E-state index in [1.165, 1.54) is 82.5 Å². The summed E-state index contributed by atoms with van der Waals surface area (Å²) in [7, 11) is 4.78. The Kier molecular flexibility index (Phi) is 49.4. The first-order valence-electron chi connectivity index (χ1n) is 42.8. The summed E-state index contributed by atoms with van der Waals surface area (Å²) in [6, 6.07) is 65.6. The number of amides is 1. The number of halogens is 6. The van der Waals surface area contributed by atoms with E-state index in [0.29, 0.717) is 97.4 Å². The summed E-state index contributed by atoms with van der Waals surface area (Å²) >= 11 is 0. The van der Waals surface area contributed by atoms with Crippen molar-refractivity contribution in [2.45, 2.75) is 111 Å². The van der Waals surface area contributed by atoms with E-state index in [0.717, 1.165) is 49.5 Å². The molecule has 0 radical (unpaired) electrons. The van der Waals surface area contributed by atoms with E-state index in [9.17, 15) is 47.7 Å². The summed E-state index contributed by atoms with van der Waals surface area (Å²) in [5.74, 6) is -2.56. The average Bonchev–Trinajstić information content (AvgIpc) is 1.55. The number of benzene rings is 7. The predicted octanol–water partition coefficient (Wildman–Crippen LogP) is 14.4. The number of hydrogen-bond acceptors (Lipinski definition) is 22. The van der Waals surface area contributed by atoms with Crippen molar-refractivity contribution in [3.63, 3.8) is 0 Å². The molecule has 28 nitrogen and oxygen atoms in total. The van der Waals surface area contributed by atoms with Crippen molar-refractivity contribution in [1.82, 2.24) is 54.6 Å². The molecule has 1 aliphatic rings. The van der Waals surface area contributed by atoms with Gasteiger partial charge in [0.1, 0.15) is 69.9 Å². The second kappa shape index (κ2) is 58.8. The van der Waals surface area contributed by atoms with E-state index < -0.39 is 73.3 Å². The SMILES string of the molecule is CCc1cccc(-n2nc(C)cc2C(=O)Cc2cc(C(O)c3ccncc3)ccc2F)c1.C[Si](C)(C)N(c1c[c-]ccc1)[Si](C)(C)C.Cc1cc(C(=O)O)n(-c2cccc(C#N)c2)n1.NCC1CC1.NCCNCCN.Nc1cc(C(O)c2ccncc2)ccc1F.O=Cc1ccncc1.O=S(Cl)Cl.[C-]#[N+]c1cccc(-n2nc(C)cc2C(=O)Nc2cc(C(O)c3ccncc3)ccc2F)c1.[Cl-].[Mg+2]. The molecule has 0 saturated heterocycles. The van der Waals surface area contributed by atoms with Crippen molar-refractivity contribution in [2.75, 3.05) is 48.0 Å². The number of pyridine rings is 4. The second-order valence-corrected chi connectivity index (χ2v) is 44.9. The molecule has 15 rings (SSSR count). The van der Waals surface area contributed by atoms with Crippen LogP contribution in [-0.2, 0) is 22.1 Å². The molecule has 14 N–H and O–H groups in total. The van der Waals surface area contributed by atoms with Gasteiger partial charge in [0.25, 0.3) is 5.91 Å². The van der Waals surface area contributed by atoms with E-state index in [1.54, 1.807) is 183 Å². The zero-order valence-corrected chi connectivity index (χ0v) is 84.5. The number of aldehydes is 1. The van der Waals surface area contributed by atoms with E-state index in [4.69, 9.17) is 44.1 Å². The number of nitrogens with one attached hydrogen (secondary N) is 2. The van der Waals surface area contributed by atoms with Gasteiger partial charge in [0.05, 0.1) is 63.7 Å². The zero-order chi connectivity index (χ0) is 99.6. The van der Waals surface area contributed by atoms with Crippen molar-refractivity contribution in [3.8, 4) is 23.1 Å². The third-order valence-electron chi connectivity index (χ3n) is 19.7. The average molecular weight is 2000 g/mol. The molecule has 7 aromatic carbocycles. The summed E-state index contributed by atoms with van der Waals surface area (Å²) in [5, 5.41) is 67.6. The molecule has 0 bridgehead atoms. The number of nitriles is 1. The molecule has 718 valence electrons. The molecule has 1 amide bonds. The van der Waals surface area contributed by atoms with Gasteiger partial charge in [-0.2, -0.15) is 50.9 Å². The van der Waals surface area contributed by atoms with Gasteiger partial charge in [-0.25, -0.2) is 41.1 Å². The number of aryl methyl sites for hydroxylation is 4. The smallest absolute Gasteiger partial charge is 1.00 e. The van der Waals surface area contributed by atoms with Crippen LogP contribution in [0.1, 0.15) is 147 Å². The quantitative estimate of drug-likeness (QED) is 0.00483. The van der Waals surface area contributed by atoms with Crippen LogP contribution in [0.2, 0.25) is 39.3 Å². The molecular weight excluding hydrogens is 1890 g/mol. The van der Waals surface area contributed by atoms with Crippen molar-refractivity contribution in [3.05, 3.63) is 393 Å². The summed E-state index contributed by atoms with van der Waals surface area (Å²) in [6.45, 7) is 33.1. The summed E-state index contributed by atoms with van der Waals surface area (Å²) in [4.78, 5) is 66.1. The molecule has 7 heterocycles. The normalized spacial score (nSPS) is 11.6. The Morgan fingerprint density at radius 3 is 1.48 bits per heavy atom. The van der Waals surface area contributed by atoms with Crippen LogP contribution in [-0.4, -0.2) is 170 Å². The van der Waals surface area contributed by atoms with Crippen LogP contribution >= 0.6 is 21.4 Å². The minimum Gasteiger partial charge on any atom is -1.00 e. The van der Waals surface area contributed by atoms with Gasteiger partial charge in [-0.3, -0.25) is 34.3 Å². The van der Waals surface area contributed by atoms with Gasteiger partial charge in [0, 0.05) is 109 Å². The van der Waals surface area contributed by atoms with Crippen LogP contribution < -0.4 is 50.2 Å². The van der Waals surface area contributed by atoms with Crippen molar-refractivity contribution in [1.29, 1.82) is 5.26 Å². The predicted molar refractivity (Wildman–Crippen MR) is 539 cm³/mol. The monoisotopic (exact) mass is 2000 g/mol. The number of aromatic carboxylic acids is 1. The molecule has 3 atom stereocenters. The van der Waals surface area contributed by atoms with Gasteiger partial charge < -0.3 is 70.6 Å². The molecular formula is C100H111Cl3F3MgN19O9SSi2. The molecule has 3 unspecified atom stereocenters. The Bertz CT molecular complexity index is 6270. The van der Waals surface area contributed by atoms with E-state index >= 15 is 0 Å². The summed E-state index contributed by atoms with van der Waals surface area (Å²) in [5.41, 5.74) is 33.1. The number of nitrogen functional groups attached to an aromatic ring is 1. The largest absolute Gasteiger partial charge is 2.00 e. The van der Waals surface area contributed by atoms with Crippen molar-refractivity contribution >= 4 is 117 Å². The number of nitrogens with zero attached hydrogens (tertiary/aromatic N) is 13. The second-order valence-electron chi connectivity index (χ2n) is 32.4. The van der Waals surface area contributed by atoms with Gasteiger partial charge in [-0.05, 0) is 243 Å². The van der Waals surface area contributed by atoms with Crippen molar-refractivity contribution < 1.29 is 69.4 Å². The van der Waals surface area contributed by atoms with Gasteiger partial charge in [0.2, 0.25) is 9.23 Å². The van der Waals surface area contributed by atoms with Gasteiger partial charge in [-0.15, -0.1) is 0 Å². The number of aliphatic hydroxyl groups is 3. The Labute approximate surface area is 837 Å². The Morgan fingerprint density at radius 1 is 0.601 bits per heavy atom. The molecule has 38 heteroatoms. The van der Waals surface area contributed by atoms with Crippen LogP contribution in [0.4, 0.5) is 35.9 Å². The number of anilines is 3. The zero-order valence-electron chi connectivity index (χ0n) is 78.0. The Morgan fingerprint density at radius 2 is 1.04 bits per heavy atom. The topological polar surface area (TPSA) is 431 Å². The third kappa shape index (κ3) is 37.7. The maximum absolute atomic E-state index is 14.6. The summed E-state index contributed by atoms with van der Waals surface area (Å²) < 4.78 is 58.1. The molecule has 14 aromatic rings. The maximum Gasteiger partial charge on any atom is 2.00 e. The first-order chi connectivity index (χ1) is 64.9. The molecule has 1 fully saturated rings. The van der Waals surface area contributed by atoms with E-state index in [2.05, 4.69) is 147 Å². The van der Waals surface area contributed by atoms with Crippen LogP contribution in [0.15, 0.2) is 268 Å². The third-order valence-corrected chi connectivity index (χ3v) is 26.9. The minimum absolute atomic E-state index is 0. The van der Waals surface area contributed by atoms with Crippen LogP contribution in [0, 0.1) is 68.1 Å². The maximum atomic E-state index is 14.6. The number of Topliss-reactive ketones (excluding diaryl/α,β-unsaturated/α-hetero) is 1. The van der Waals surface area contributed by atoms with Gasteiger partial charge in [-0.1, -0.05) is 100 Å². The molecule has 138 heavy (non-hydrogen) atoms. The number of carbonyl (C=O) groups excluding carboxylic acids is 3. The number of carboxylic acids is 1. The molecule has 1 saturated carbocycles. The van der Waals surface area contributed by atoms with Crippen LogP contribution in [0.5, 0.6) is 0 Å². The van der Waals surface area contributed by atoms with Crippen LogP contribution in [0.25, 0.3) is 21.9 Å². The number of rotatable bonds is 25. The fraction of sp³-hybridized carbons (Fsp3) is 0.230. The molecule has 7 aromatic heterocycles. The number of nitrogens with two attached hydrogens (primary N) is 4. The molecule has 1 aliphatic carbocycles. The first kappa shape index (κ1) is 116. The Hall–Kier alpha value is -12.6. The van der Waals surface area contributed by atoms with Gasteiger partial charge in [0.15, 0.2) is 17.2 Å². The number of carboxylic acid groups (broad SMARTS) is 1. The van der Waals surface area contributed by atoms with Gasteiger partial charge >= 0.3 is 29.0 Å². The Balaban J connectivity index is 0.000000293. The number of aliphatic hydroxyl groups excluding tert-OH is 3. The number of aromatic nitrogens is 10. The van der Waals surface area contributed by atoms with E-state index in [-0.39, 0.29) is 76.0 Å². The number of ketones is 1. The van der Waals surface area contributed by atoms with Crippen molar-refractivity contribution in [2.24, 2.45) is 23.1 Å². The van der Waals surface area contributed by atoms with E-state index in [1.807, 2.05) is 43.3 Å². The fourth-order valence-electron chi connectivity index (χ4n) is 13.4. The first-order valence-corrected chi connectivity index (χ1v) is 52.5. The standard InChI is InChI=1S/C26H24FN3O2.C24H18FN5O2.C12H11FN2O.C12H9N3O2.C12H22NSi2.C6H5NO.C4H13N3.C4H9N.Cl2OS.ClH.Mg/c1-3-18-5-4-6-22(14-18)30-24(13-17(2)29-30)25(31)16-21-15-20(7-8-23(21)27)26(32)19-9-11-28-12-10-19;1-15-12-22(30(29-15)19-5-3-4-18(14-19)26-2)24(32)28-21-13-17(6-7-20(21)25)23(31)16-8-10-27-11-9-16;13-10-2-1-9(7-11(10)14)12(16)8-3-5-15-6-4-8;1-8-5-11(12(16)17)15(14-8)10-4-2-3-9(6-10)7-13;1-14(2,3)13(15(4,5)6)12-10-8-7-9-11-12;8-5-6-1-3-7-4-2-6;5-1-3-7-4-2-6;5-3-4-1-2-4;1-4(2)3;;/h4-15,26,32H,3,16H2,1-2H3;3-14,23,31H,1H3,(H,28,32);1-7,12,16H,14H2;2-6H,1H3,(H,16,17);7-8,10-11H,1-6H3;1-5H;7H,1-6H2;4H,1-3,5H2;;1H;/q;;;;-1;;;;;;+2/p-1.